The highest BCUT2D eigenvalue weighted by atomic mass is 35.5. The SMILES string of the molecule is CC(C)(C)N.CC(C)Cc1ccc(-c2nc(-c3ccc(CN4CCC(Cc5ccc(F)cc5)(C(=O)O)CC4)cc3)no2)cc1Cl. The molecule has 4 aromatic rings. The lowest BCUT2D eigenvalue weighted by atomic mass is 9.74. The quantitative estimate of drug-likeness (QED) is 0.192. The number of benzene rings is 3. The van der Waals surface area contributed by atoms with Crippen molar-refractivity contribution >= 4 is 17.6 Å². The molecule has 0 radical (unpaired) electrons. The van der Waals surface area contributed by atoms with Crippen molar-refractivity contribution in [3.05, 3.63) is 94.3 Å². The Bertz CT molecular complexity index is 1550. The Morgan fingerprint density at radius 3 is 2.16 bits per heavy atom. The Hall–Kier alpha value is -3.59. The van der Waals surface area contributed by atoms with E-state index >= 15 is 0 Å². The molecule has 3 aromatic carbocycles. The van der Waals surface area contributed by atoms with Crippen LogP contribution in [-0.4, -0.2) is 44.7 Å². The number of carbonyl (C=O) groups is 1. The number of likely N-dealkylation sites (tertiary alicyclic amines) is 1. The number of piperidine rings is 1. The van der Waals surface area contributed by atoms with Gasteiger partial charge in [-0.2, -0.15) is 4.98 Å². The van der Waals surface area contributed by atoms with Gasteiger partial charge in [0.1, 0.15) is 5.82 Å². The number of carboxylic acid groups (broad SMARTS) is 1. The molecule has 1 aromatic heterocycles. The Balaban J connectivity index is 0.000000854. The monoisotopic (exact) mass is 634 g/mol. The minimum atomic E-state index is -0.826. The predicted octanol–water partition coefficient (Wildman–Crippen LogP) is 8.05. The molecule has 45 heavy (non-hydrogen) atoms. The van der Waals surface area contributed by atoms with Crippen LogP contribution in [0.3, 0.4) is 0 Å². The summed E-state index contributed by atoms with van der Waals surface area (Å²) in [5.41, 5.74) is 9.25. The molecule has 9 heteroatoms. The molecule has 1 aliphatic heterocycles. The summed E-state index contributed by atoms with van der Waals surface area (Å²) in [5, 5.41) is 14.9. The van der Waals surface area contributed by atoms with E-state index in [1.807, 2.05) is 63.2 Å². The fourth-order valence-corrected chi connectivity index (χ4v) is 5.62. The zero-order valence-electron chi connectivity index (χ0n) is 26.8. The summed E-state index contributed by atoms with van der Waals surface area (Å²) in [6.45, 7) is 12.3. The van der Waals surface area contributed by atoms with Crippen molar-refractivity contribution in [3.8, 4) is 22.8 Å². The van der Waals surface area contributed by atoms with Crippen LogP contribution in [0.5, 0.6) is 0 Å². The van der Waals surface area contributed by atoms with Crippen LogP contribution >= 0.6 is 11.6 Å². The number of hydrogen-bond donors (Lipinski definition) is 2. The predicted molar refractivity (Wildman–Crippen MR) is 177 cm³/mol. The first-order valence-corrected chi connectivity index (χ1v) is 15.8. The average Bonchev–Trinajstić information content (AvgIpc) is 3.46. The number of rotatable bonds is 9. The van der Waals surface area contributed by atoms with Crippen LogP contribution < -0.4 is 5.73 Å². The third-order valence-electron chi connectivity index (χ3n) is 7.70. The standard InChI is InChI=1S/C32H33ClFN3O3.C4H11N/c1-21(2)17-25-9-10-26(18-28(25)33)30-35-29(36-40-30)24-7-3-23(4-8-24)20-37-15-13-32(14-16-37,31(38)39)19-22-5-11-27(34)12-6-22;1-4(2,3)5/h3-12,18,21H,13-17,19-20H2,1-2H3,(H,38,39);5H2,1-3H3. The topological polar surface area (TPSA) is 105 Å². The first kappa shape index (κ1) is 34.3. The van der Waals surface area contributed by atoms with Gasteiger partial charge < -0.3 is 15.4 Å². The molecular formula is C36H44ClFN4O3. The Kier molecular flexibility index (Phi) is 11.2. The molecule has 0 amide bonds. The highest BCUT2D eigenvalue weighted by Gasteiger charge is 2.41. The second kappa shape index (κ2) is 14.7. The van der Waals surface area contributed by atoms with Crippen LogP contribution in [0, 0.1) is 17.2 Å². The van der Waals surface area contributed by atoms with E-state index in [-0.39, 0.29) is 11.4 Å². The molecule has 7 nitrogen and oxygen atoms in total. The highest BCUT2D eigenvalue weighted by molar-refractivity contribution is 6.31. The molecule has 0 saturated carbocycles. The second-order valence-electron chi connectivity index (χ2n) is 13.6. The van der Waals surface area contributed by atoms with Crippen molar-refractivity contribution in [2.45, 2.75) is 72.4 Å². The first-order valence-electron chi connectivity index (χ1n) is 15.4. The van der Waals surface area contributed by atoms with E-state index in [2.05, 4.69) is 28.9 Å². The molecule has 0 unspecified atom stereocenters. The van der Waals surface area contributed by atoms with E-state index in [4.69, 9.17) is 21.9 Å². The number of nitrogens with zero attached hydrogens (tertiary/aromatic N) is 3. The number of nitrogens with two attached hydrogens (primary N) is 1. The maximum absolute atomic E-state index is 13.3. The minimum absolute atomic E-state index is 0. The molecule has 1 aliphatic rings. The summed E-state index contributed by atoms with van der Waals surface area (Å²) in [6.07, 6.45) is 2.42. The largest absolute Gasteiger partial charge is 0.481 e. The van der Waals surface area contributed by atoms with Crippen molar-refractivity contribution in [2.24, 2.45) is 17.1 Å². The average molecular weight is 635 g/mol. The molecule has 0 spiro atoms. The number of hydrogen-bond acceptors (Lipinski definition) is 6. The third kappa shape index (κ3) is 9.95. The van der Waals surface area contributed by atoms with E-state index in [9.17, 15) is 14.3 Å². The van der Waals surface area contributed by atoms with E-state index < -0.39 is 11.4 Å². The Morgan fingerprint density at radius 2 is 1.60 bits per heavy atom. The molecule has 1 saturated heterocycles. The third-order valence-corrected chi connectivity index (χ3v) is 8.05. The fraction of sp³-hybridized carbons (Fsp3) is 0.417. The van der Waals surface area contributed by atoms with Gasteiger partial charge in [0.05, 0.1) is 5.41 Å². The molecule has 5 rings (SSSR count). The number of halogens is 2. The van der Waals surface area contributed by atoms with Crippen LogP contribution in [0.15, 0.2) is 71.3 Å². The fourth-order valence-electron chi connectivity index (χ4n) is 5.36. The van der Waals surface area contributed by atoms with Gasteiger partial charge in [-0.05, 0) is 106 Å². The van der Waals surface area contributed by atoms with Crippen molar-refractivity contribution < 1.29 is 18.8 Å². The minimum Gasteiger partial charge on any atom is -0.481 e. The number of aliphatic carboxylic acids is 1. The Labute approximate surface area is 270 Å². The lowest BCUT2D eigenvalue weighted by Crippen LogP contribution is -2.45. The molecule has 3 N–H and O–H groups in total. The van der Waals surface area contributed by atoms with Gasteiger partial charge in [-0.1, -0.05) is 73.1 Å². The molecule has 0 atom stereocenters. The zero-order chi connectivity index (χ0) is 32.8. The summed E-state index contributed by atoms with van der Waals surface area (Å²) in [4.78, 5) is 19.1. The molecule has 240 valence electrons. The van der Waals surface area contributed by atoms with E-state index in [0.29, 0.717) is 55.0 Å². The summed E-state index contributed by atoms with van der Waals surface area (Å²) in [7, 11) is 0. The van der Waals surface area contributed by atoms with Gasteiger partial charge in [0, 0.05) is 28.2 Å². The van der Waals surface area contributed by atoms with Crippen molar-refractivity contribution in [1.82, 2.24) is 15.0 Å². The van der Waals surface area contributed by atoms with Crippen molar-refractivity contribution in [1.29, 1.82) is 0 Å². The van der Waals surface area contributed by atoms with Gasteiger partial charge in [0.15, 0.2) is 0 Å². The zero-order valence-corrected chi connectivity index (χ0v) is 27.6. The Morgan fingerprint density at radius 1 is 1.02 bits per heavy atom. The molecule has 0 aliphatic carbocycles. The van der Waals surface area contributed by atoms with Gasteiger partial charge >= 0.3 is 5.97 Å². The van der Waals surface area contributed by atoms with E-state index in [1.54, 1.807) is 12.1 Å². The molecular weight excluding hydrogens is 591 g/mol. The van der Waals surface area contributed by atoms with Crippen LogP contribution in [0.1, 0.15) is 64.2 Å². The van der Waals surface area contributed by atoms with Crippen LogP contribution in [0.4, 0.5) is 4.39 Å². The normalized spacial score (nSPS) is 15.0. The lowest BCUT2D eigenvalue weighted by molar-refractivity contribution is -0.152. The second-order valence-corrected chi connectivity index (χ2v) is 14.0. The van der Waals surface area contributed by atoms with E-state index in [1.165, 1.54) is 12.1 Å². The lowest BCUT2D eigenvalue weighted by Gasteiger charge is -2.39. The van der Waals surface area contributed by atoms with Gasteiger partial charge in [0.2, 0.25) is 5.82 Å². The molecule has 0 bridgehead atoms. The number of carboxylic acids is 1. The summed E-state index contributed by atoms with van der Waals surface area (Å²) in [5.74, 6) is 0.351. The van der Waals surface area contributed by atoms with Crippen LogP contribution in [-0.2, 0) is 24.2 Å². The van der Waals surface area contributed by atoms with Gasteiger partial charge in [-0.15, -0.1) is 0 Å². The summed E-state index contributed by atoms with van der Waals surface area (Å²) >= 11 is 6.48. The highest BCUT2D eigenvalue weighted by Crippen LogP contribution is 2.36. The summed E-state index contributed by atoms with van der Waals surface area (Å²) in [6, 6.07) is 20.0. The van der Waals surface area contributed by atoms with Gasteiger partial charge in [0.25, 0.3) is 5.89 Å². The van der Waals surface area contributed by atoms with Crippen LogP contribution in [0.25, 0.3) is 22.8 Å². The smallest absolute Gasteiger partial charge is 0.310 e. The maximum Gasteiger partial charge on any atom is 0.310 e. The van der Waals surface area contributed by atoms with Crippen molar-refractivity contribution in [3.63, 3.8) is 0 Å². The molecule has 1 fully saturated rings. The van der Waals surface area contributed by atoms with Gasteiger partial charge in [-0.3, -0.25) is 9.69 Å². The van der Waals surface area contributed by atoms with Crippen molar-refractivity contribution in [2.75, 3.05) is 13.1 Å². The van der Waals surface area contributed by atoms with Crippen LogP contribution in [0.2, 0.25) is 5.02 Å². The van der Waals surface area contributed by atoms with Gasteiger partial charge in [-0.25, -0.2) is 4.39 Å². The first-order chi connectivity index (χ1) is 21.2. The van der Waals surface area contributed by atoms with E-state index in [0.717, 1.165) is 40.8 Å². The maximum atomic E-state index is 13.3. The summed E-state index contributed by atoms with van der Waals surface area (Å²) < 4.78 is 18.8. The number of aromatic nitrogens is 2. The molecule has 2 heterocycles.